The molecule has 0 spiro atoms. The molecule has 0 aromatic heterocycles. The van der Waals surface area contributed by atoms with Crippen molar-refractivity contribution in [2.45, 2.75) is 38.2 Å². The summed E-state index contributed by atoms with van der Waals surface area (Å²) in [4.78, 5) is 9.34. The van der Waals surface area contributed by atoms with E-state index in [1.54, 1.807) is 0 Å². The van der Waals surface area contributed by atoms with Gasteiger partial charge in [0, 0.05) is 10.5 Å². The van der Waals surface area contributed by atoms with Gasteiger partial charge in [0.05, 0.1) is 0 Å². The molecule has 0 fully saturated rings. The molecule has 0 radical (unpaired) electrons. The van der Waals surface area contributed by atoms with E-state index in [1.807, 2.05) is 27.7 Å². The standard InChI is InChI=1S/C6H15O2PS2/c1-5(2)10-9(7,8)11-6(3)4/h5-6H,1-4H3,(H,7,8). The molecule has 11 heavy (non-hydrogen) atoms. The maximum absolute atomic E-state index is 11.3. The van der Waals surface area contributed by atoms with Crippen LogP contribution in [-0.2, 0) is 4.57 Å². The second-order valence-corrected chi connectivity index (χ2v) is 10.9. The van der Waals surface area contributed by atoms with Crippen LogP contribution in [0.4, 0.5) is 0 Å². The van der Waals surface area contributed by atoms with Crippen LogP contribution in [0.3, 0.4) is 0 Å². The highest BCUT2D eigenvalue weighted by Crippen LogP contribution is 2.68. The van der Waals surface area contributed by atoms with Gasteiger partial charge in [-0.25, -0.2) is 0 Å². The molecule has 0 aromatic carbocycles. The highest BCUT2D eigenvalue weighted by molar-refractivity contribution is 8.89. The summed E-state index contributed by atoms with van der Waals surface area (Å²) in [6.07, 6.45) is 0. The minimum absolute atomic E-state index is 0.220. The van der Waals surface area contributed by atoms with E-state index in [2.05, 4.69) is 0 Å². The summed E-state index contributed by atoms with van der Waals surface area (Å²) in [6.45, 7) is 7.70. The summed E-state index contributed by atoms with van der Waals surface area (Å²) in [7, 11) is 0. The predicted molar refractivity (Wildman–Crippen MR) is 55.3 cm³/mol. The smallest absolute Gasteiger partial charge is 0.311 e. The maximum Gasteiger partial charge on any atom is 0.311 e. The van der Waals surface area contributed by atoms with Gasteiger partial charge in [0.2, 0.25) is 0 Å². The van der Waals surface area contributed by atoms with Crippen molar-refractivity contribution in [2.24, 2.45) is 0 Å². The van der Waals surface area contributed by atoms with E-state index in [9.17, 15) is 9.46 Å². The Bertz CT molecular complexity index is 145. The zero-order valence-electron chi connectivity index (χ0n) is 7.27. The molecule has 0 aliphatic rings. The molecule has 0 saturated heterocycles. The van der Waals surface area contributed by atoms with Crippen molar-refractivity contribution in [1.82, 2.24) is 0 Å². The summed E-state index contributed by atoms with van der Waals surface area (Å²) in [6, 6.07) is 0. The Kier molecular flexibility index (Phi) is 5.19. The van der Waals surface area contributed by atoms with Crippen LogP contribution < -0.4 is 0 Å². The Hall–Kier alpha value is 0.890. The molecule has 0 aliphatic heterocycles. The zero-order valence-corrected chi connectivity index (χ0v) is 9.80. The van der Waals surface area contributed by atoms with E-state index >= 15 is 0 Å². The second kappa shape index (κ2) is 4.80. The fourth-order valence-corrected chi connectivity index (χ4v) is 8.56. The van der Waals surface area contributed by atoms with Gasteiger partial charge in [-0.3, -0.25) is 4.57 Å². The predicted octanol–water partition coefficient (Wildman–Crippen LogP) is 3.37. The number of hydrogen-bond acceptors (Lipinski definition) is 3. The van der Waals surface area contributed by atoms with E-state index in [1.165, 1.54) is 0 Å². The molecule has 0 amide bonds. The van der Waals surface area contributed by atoms with Crippen LogP contribution >= 0.6 is 28.5 Å². The molecule has 0 aromatic rings. The highest BCUT2D eigenvalue weighted by atomic mass is 33.1. The largest absolute Gasteiger partial charge is 0.329 e. The molecular weight excluding hydrogens is 199 g/mol. The van der Waals surface area contributed by atoms with Gasteiger partial charge in [0.15, 0.2) is 0 Å². The van der Waals surface area contributed by atoms with Crippen LogP contribution in [0.5, 0.6) is 0 Å². The average molecular weight is 214 g/mol. The quantitative estimate of drug-likeness (QED) is 0.728. The third kappa shape index (κ3) is 7.26. The first kappa shape index (κ1) is 11.9. The Labute approximate surface area is 76.5 Å². The van der Waals surface area contributed by atoms with Crippen molar-refractivity contribution in [3.05, 3.63) is 0 Å². The maximum atomic E-state index is 11.3. The van der Waals surface area contributed by atoms with Crippen molar-refractivity contribution in [2.75, 3.05) is 0 Å². The highest BCUT2D eigenvalue weighted by Gasteiger charge is 2.22. The van der Waals surface area contributed by atoms with Gasteiger partial charge in [-0.05, 0) is 0 Å². The summed E-state index contributed by atoms with van der Waals surface area (Å²) >= 11 is 2.32. The second-order valence-electron chi connectivity index (χ2n) is 2.78. The topological polar surface area (TPSA) is 37.3 Å². The summed E-state index contributed by atoms with van der Waals surface area (Å²) < 4.78 is 11.3. The Morgan fingerprint density at radius 1 is 1.09 bits per heavy atom. The van der Waals surface area contributed by atoms with Crippen molar-refractivity contribution < 1.29 is 9.46 Å². The van der Waals surface area contributed by atoms with Gasteiger partial charge in [0.25, 0.3) is 0 Å². The molecule has 0 bridgehead atoms. The number of rotatable bonds is 4. The summed E-state index contributed by atoms with van der Waals surface area (Å²) in [5, 5.41) is 0.439. The molecule has 0 unspecified atom stereocenters. The zero-order chi connectivity index (χ0) is 9.07. The van der Waals surface area contributed by atoms with Crippen molar-refractivity contribution in [3.8, 4) is 0 Å². The lowest BCUT2D eigenvalue weighted by molar-refractivity contribution is 0.514. The van der Waals surface area contributed by atoms with Gasteiger partial charge < -0.3 is 4.89 Å². The van der Waals surface area contributed by atoms with Crippen molar-refractivity contribution in [3.63, 3.8) is 0 Å². The Morgan fingerprint density at radius 3 is 1.55 bits per heavy atom. The average Bonchev–Trinajstić information content (AvgIpc) is 1.53. The Morgan fingerprint density at radius 2 is 1.36 bits per heavy atom. The first-order valence-corrected chi connectivity index (χ1v) is 8.16. The van der Waals surface area contributed by atoms with E-state index in [4.69, 9.17) is 0 Å². The lowest BCUT2D eigenvalue weighted by Gasteiger charge is -2.13. The molecule has 1 N–H and O–H groups in total. The molecule has 0 heterocycles. The third-order valence-corrected chi connectivity index (χ3v) is 7.74. The molecule has 0 aliphatic carbocycles. The van der Waals surface area contributed by atoms with Gasteiger partial charge in [-0.1, -0.05) is 50.5 Å². The summed E-state index contributed by atoms with van der Waals surface area (Å²) in [5.74, 6) is -2.97. The van der Waals surface area contributed by atoms with Gasteiger partial charge in [-0.15, -0.1) is 0 Å². The van der Waals surface area contributed by atoms with Crippen LogP contribution in [0.1, 0.15) is 27.7 Å². The minimum atomic E-state index is -2.97. The SMILES string of the molecule is CC(C)SP(=O)(O)SC(C)C. The normalized spacial score (nSPS) is 13.0. The van der Waals surface area contributed by atoms with Crippen LogP contribution in [0.2, 0.25) is 0 Å². The van der Waals surface area contributed by atoms with Crippen LogP contribution in [0, 0.1) is 0 Å². The molecular formula is C6H15O2PS2. The lowest BCUT2D eigenvalue weighted by atomic mass is 10.6. The van der Waals surface area contributed by atoms with E-state index in [0.29, 0.717) is 0 Å². The van der Waals surface area contributed by atoms with Gasteiger partial charge in [0.1, 0.15) is 0 Å². The fourth-order valence-electron chi connectivity index (χ4n) is 0.558. The fraction of sp³-hybridized carbons (Fsp3) is 1.00. The molecule has 5 heteroatoms. The van der Waals surface area contributed by atoms with Gasteiger partial charge in [-0.2, -0.15) is 0 Å². The van der Waals surface area contributed by atoms with Crippen LogP contribution in [0.15, 0.2) is 0 Å². The summed E-state index contributed by atoms with van der Waals surface area (Å²) in [5.41, 5.74) is 0. The van der Waals surface area contributed by atoms with E-state index in [0.717, 1.165) is 22.8 Å². The first-order valence-electron chi connectivity index (χ1n) is 3.53. The molecule has 0 atom stereocenters. The minimum Gasteiger partial charge on any atom is -0.329 e. The van der Waals surface area contributed by atoms with Crippen LogP contribution in [0.25, 0.3) is 0 Å². The molecule has 2 nitrogen and oxygen atoms in total. The van der Waals surface area contributed by atoms with Gasteiger partial charge >= 0.3 is 5.77 Å². The monoisotopic (exact) mass is 214 g/mol. The molecule has 0 saturated carbocycles. The lowest BCUT2D eigenvalue weighted by Crippen LogP contribution is -1.88. The van der Waals surface area contributed by atoms with Crippen molar-refractivity contribution >= 4 is 28.5 Å². The molecule has 68 valence electrons. The van der Waals surface area contributed by atoms with E-state index < -0.39 is 5.77 Å². The molecule has 0 rings (SSSR count). The Balaban J connectivity index is 3.91. The first-order chi connectivity index (χ1) is 4.83. The van der Waals surface area contributed by atoms with E-state index in [-0.39, 0.29) is 10.5 Å². The van der Waals surface area contributed by atoms with Crippen LogP contribution in [-0.4, -0.2) is 15.4 Å². The third-order valence-electron chi connectivity index (χ3n) is 0.688. The van der Waals surface area contributed by atoms with Crippen molar-refractivity contribution in [1.29, 1.82) is 0 Å². The number of hydrogen-bond donors (Lipinski definition) is 1.